The molecule has 3 aliphatic rings. The third-order valence-corrected chi connectivity index (χ3v) is 7.35. The Balaban J connectivity index is 1.36. The summed E-state index contributed by atoms with van der Waals surface area (Å²) in [6.45, 7) is 3.06. The van der Waals surface area contributed by atoms with Crippen LogP contribution in [0.3, 0.4) is 0 Å². The molecule has 4 rings (SSSR count). The number of amides is 5. The van der Waals surface area contributed by atoms with Gasteiger partial charge in [-0.15, -0.1) is 0 Å². The number of benzene rings is 1. The molecule has 1 aromatic carbocycles. The standard InChI is InChI=1S/C24H32N4O6/c1-16-6-4-5-9-24(16)22(31)28(23(32)25-24)15-20(29)26-10-12-27(13-11-26)21(30)18-8-7-17(33-2)14-19(18)34-3/h7-8,14,16H,4-6,9-13,15H2,1-3H3,(H,25,32). The van der Waals surface area contributed by atoms with Crippen LogP contribution in [0.25, 0.3) is 0 Å². The summed E-state index contributed by atoms with van der Waals surface area (Å²) < 4.78 is 10.5. The highest BCUT2D eigenvalue weighted by Crippen LogP contribution is 2.38. The Morgan fingerprint density at radius 3 is 2.41 bits per heavy atom. The fourth-order valence-corrected chi connectivity index (χ4v) is 5.18. The summed E-state index contributed by atoms with van der Waals surface area (Å²) in [7, 11) is 3.04. The van der Waals surface area contributed by atoms with Gasteiger partial charge in [0.25, 0.3) is 11.8 Å². The van der Waals surface area contributed by atoms with Crippen molar-refractivity contribution in [2.75, 3.05) is 46.9 Å². The van der Waals surface area contributed by atoms with Crippen molar-refractivity contribution in [1.29, 1.82) is 0 Å². The van der Waals surface area contributed by atoms with E-state index in [4.69, 9.17) is 9.47 Å². The quantitative estimate of drug-likeness (QED) is 0.651. The average molecular weight is 473 g/mol. The van der Waals surface area contributed by atoms with Gasteiger partial charge in [0, 0.05) is 32.2 Å². The summed E-state index contributed by atoms with van der Waals surface area (Å²) in [5.41, 5.74) is -0.452. The molecule has 1 N–H and O–H groups in total. The van der Waals surface area contributed by atoms with Crippen molar-refractivity contribution in [3.8, 4) is 11.5 Å². The van der Waals surface area contributed by atoms with Crippen molar-refractivity contribution in [2.45, 2.75) is 38.1 Å². The van der Waals surface area contributed by atoms with Gasteiger partial charge in [-0.1, -0.05) is 19.8 Å². The normalized spacial score (nSPS) is 24.9. The van der Waals surface area contributed by atoms with Gasteiger partial charge in [0.05, 0.1) is 19.8 Å². The number of piperazine rings is 1. The van der Waals surface area contributed by atoms with Crippen LogP contribution in [0.5, 0.6) is 11.5 Å². The van der Waals surface area contributed by atoms with Crippen molar-refractivity contribution in [2.24, 2.45) is 5.92 Å². The second-order valence-corrected chi connectivity index (χ2v) is 9.18. The molecule has 1 aromatic rings. The Hall–Kier alpha value is -3.30. The zero-order valence-electron chi connectivity index (χ0n) is 20.0. The third-order valence-electron chi connectivity index (χ3n) is 7.35. The van der Waals surface area contributed by atoms with Crippen LogP contribution in [-0.4, -0.2) is 90.9 Å². The molecule has 2 atom stereocenters. The fourth-order valence-electron chi connectivity index (χ4n) is 5.18. The smallest absolute Gasteiger partial charge is 0.325 e. The minimum atomic E-state index is -0.877. The summed E-state index contributed by atoms with van der Waals surface area (Å²) in [6, 6.07) is 4.53. The van der Waals surface area contributed by atoms with Crippen molar-refractivity contribution < 1.29 is 28.7 Å². The Kier molecular flexibility index (Phi) is 6.67. The van der Waals surface area contributed by atoms with Crippen LogP contribution >= 0.6 is 0 Å². The van der Waals surface area contributed by atoms with E-state index < -0.39 is 11.6 Å². The van der Waals surface area contributed by atoms with E-state index >= 15 is 0 Å². The van der Waals surface area contributed by atoms with Gasteiger partial charge in [-0.2, -0.15) is 0 Å². The molecule has 5 amide bonds. The number of nitrogens with one attached hydrogen (secondary N) is 1. The maximum Gasteiger partial charge on any atom is 0.325 e. The molecule has 0 radical (unpaired) electrons. The Morgan fingerprint density at radius 1 is 1.06 bits per heavy atom. The molecule has 3 fully saturated rings. The number of hydrogen-bond acceptors (Lipinski definition) is 6. The van der Waals surface area contributed by atoms with Crippen LogP contribution in [0.4, 0.5) is 4.79 Å². The van der Waals surface area contributed by atoms with E-state index in [2.05, 4.69) is 5.32 Å². The van der Waals surface area contributed by atoms with E-state index in [1.54, 1.807) is 35.1 Å². The molecule has 10 nitrogen and oxygen atoms in total. The maximum absolute atomic E-state index is 13.1. The minimum Gasteiger partial charge on any atom is -0.497 e. The van der Waals surface area contributed by atoms with Crippen molar-refractivity contribution in [3.63, 3.8) is 0 Å². The van der Waals surface area contributed by atoms with Crippen LogP contribution in [0.1, 0.15) is 43.0 Å². The lowest BCUT2D eigenvalue weighted by Crippen LogP contribution is -2.55. The highest BCUT2D eigenvalue weighted by Gasteiger charge is 2.55. The lowest BCUT2D eigenvalue weighted by Gasteiger charge is -2.37. The van der Waals surface area contributed by atoms with Gasteiger partial charge in [0.2, 0.25) is 5.91 Å². The molecule has 0 aromatic heterocycles. The SMILES string of the molecule is COc1ccc(C(=O)N2CCN(C(=O)CN3C(=O)NC4(CCCCC4C)C3=O)CC2)c(OC)c1. The van der Waals surface area contributed by atoms with Gasteiger partial charge < -0.3 is 24.6 Å². The number of urea groups is 1. The number of imide groups is 1. The van der Waals surface area contributed by atoms with Crippen LogP contribution in [0.15, 0.2) is 18.2 Å². The topological polar surface area (TPSA) is 108 Å². The van der Waals surface area contributed by atoms with Gasteiger partial charge in [-0.25, -0.2) is 4.79 Å². The summed E-state index contributed by atoms with van der Waals surface area (Å²) in [5, 5.41) is 2.88. The minimum absolute atomic E-state index is 0.0438. The van der Waals surface area contributed by atoms with E-state index in [1.807, 2.05) is 6.92 Å². The average Bonchev–Trinajstić information content (AvgIpc) is 3.09. The number of nitrogens with zero attached hydrogens (tertiary/aromatic N) is 3. The van der Waals surface area contributed by atoms with Gasteiger partial charge in [-0.3, -0.25) is 19.3 Å². The summed E-state index contributed by atoms with van der Waals surface area (Å²) in [5.74, 6) is 0.286. The molecule has 10 heteroatoms. The number of methoxy groups -OCH3 is 2. The molecular weight excluding hydrogens is 440 g/mol. The first kappa shape index (κ1) is 23.8. The molecule has 2 aliphatic heterocycles. The Bertz CT molecular complexity index is 990. The van der Waals surface area contributed by atoms with E-state index in [9.17, 15) is 19.2 Å². The van der Waals surface area contributed by atoms with E-state index in [0.29, 0.717) is 49.7 Å². The molecule has 1 saturated carbocycles. The number of hydrogen-bond donors (Lipinski definition) is 1. The first-order chi connectivity index (χ1) is 16.3. The lowest BCUT2D eigenvalue weighted by atomic mass is 9.73. The van der Waals surface area contributed by atoms with Crippen molar-refractivity contribution >= 4 is 23.8 Å². The van der Waals surface area contributed by atoms with Gasteiger partial charge in [0.15, 0.2) is 0 Å². The summed E-state index contributed by atoms with van der Waals surface area (Å²) in [4.78, 5) is 56.0. The fraction of sp³-hybridized carbons (Fsp3) is 0.583. The van der Waals surface area contributed by atoms with E-state index in [1.165, 1.54) is 7.11 Å². The first-order valence-corrected chi connectivity index (χ1v) is 11.7. The van der Waals surface area contributed by atoms with Crippen LogP contribution in [0, 0.1) is 5.92 Å². The molecule has 184 valence electrons. The van der Waals surface area contributed by atoms with Crippen molar-refractivity contribution in [3.05, 3.63) is 23.8 Å². The van der Waals surface area contributed by atoms with Crippen LogP contribution < -0.4 is 14.8 Å². The second-order valence-electron chi connectivity index (χ2n) is 9.18. The number of ether oxygens (including phenoxy) is 2. The molecular formula is C24H32N4O6. The van der Waals surface area contributed by atoms with E-state index in [-0.39, 0.29) is 30.2 Å². The Morgan fingerprint density at radius 2 is 1.76 bits per heavy atom. The van der Waals surface area contributed by atoms with Crippen LogP contribution in [-0.2, 0) is 9.59 Å². The maximum atomic E-state index is 13.1. The largest absolute Gasteiger partial charge is 0.497 e. The predicted molar refractivity (Wildman–Crippen MR) is 123 cm³/mol. The summed E-state index contributed by atoms with van der Waals surface area (Å²) >= 11 is 0. The Labute approximate surface area is 199 Å². The molecule has 1 aliphatic carbocycles. The molecule has 0 bridgehead atoms. The first-order valence-electron chi connectivity index (χ1n) is 11.7. The van der Waals surface area contributed by atoms with Gasteiger partial charge in [-0.05, 0) is 30.9 Å². The predicted octanol–water partition coefficient (Wildman–Crippen LogP) is 1.49. The number of carbonyl (C=O) groups is 4. The monoisotopic (exact) mass is 472 g/mol. The molecule has 1 spiro atoms. The molecule has 2 heterocycles. The van der Waals surface area contributed by atoms with Gasteiger partial charge in [0.1, 0.15) is 23.6 Å². The zero-order chi connectivity index (χ0) is 24.5. The lowest BCUT2D eigenvalue weighted by molar-refractivity contribution is -0.141. The molecule has 2 unspecified atom stereocenters. The van der Waals surface area contributed by atoms with Gasteiger partial charge >= 0.3 is 6.03 Å². The zero-order valence-corrected chi connectivity index (χ0v) is 20.0. The van der Waals surface area contributed by atoms with Crippen LogP contribution in [0.2, 0.25) is 0 Å². The van der Waals surface area contributed by atoms with E-state index in [0.717, 1.165) is 24.2 Å². The molecule has 2 saturated heterocycles. The molecule has 34 heavy (non-hydrogen) atoms. The number of rotatable bonds is 5. The number of carbonyl (C=O) groups excluding carboxylic acids is 4. The summed E-state index contributed by atoms with van der Waals surface area (Å²) in [6.07, 6.45) is 3.41. The third kappa shape index (κ3) is 4.17. The second kappa shape index (κ2) is 9.52. The highest BCUT2D eigenvalue weighted by molar-refractivity contribution is 6.09. The van der Waals surface area contributed by atoms with Crippen molar-refractivity contribution in [1.82, 2.24) is 20.0 Å². The highest BCUT2D eigenvalue weighted by atomic mass is 16.5.